The summed E-state index contributed by atoms with van der Waals surface area (Å²) in [5.74, 6) is 0.883. The molecule has 2 bridgehead atoms. The molecule has 1 aromatic heterocycles. The first kappa shape index (κ1) is 22.2. The average Bonchev–Trinajstić information content (AvgIpc) is 2.93. The highest BCUT2D eigenvalue weighted by Gasteiger charge is 2.44. The number of aromatic nitrogens is 1. The van der Waals surface area contributed by atoms with Gasteiger partial charge in [0.05, 0.1) is 35.9 Å². The fraction of sp³-hybridized carbons (Fsp3) is 0.737. The summed E-state index contributed by atoms with van der Waals surface area (Å²) in [6, 6.07) is -0.342. The van der Waals surface area contributed by atoms with E-state index in [1.807, 2.05) is 20.8 Å². The Bertz CT molecular complexity index is 769. The number of morpholine rings is 1. The highest BCUT2D eigenvalue weighted by molar-refractivity contribution is 8.32. The van der Waals surface area contributed by atoms with Crippen molar-refractivity contribution in [2.24, 2.45) is 0 Å². The summed E-state index contributed by atoms with van der Waals surface area (Å²) in [6.45, 7) is 6.72. The van der Waals surface area contributed by atoms with E-state index in [1.165, 1.54) is 11.3 Å². The van der Waals surface area contributed by atoms with Gasteiger partial charge in [-0.05, 0) is 39.5 Å². The van der Waals surface area contributed by atoms with E-state index in [-0.39, 0.29) is 18.2 Å². The number of amides is 2. The van der Waals surface area contributed by atoms with Crippen LogP contribution < -0.4 is 5.32 Å². The van der Waals surface area contributed by atoms with Crippen molar-refractivity contribution in [3.8, 4) is 0 Å². The third-order valence-electron chi connectivity index (χ3n) is 4.51. The van der Waals surface area contributed by atoms with Crippen molar-refractivity contribution < 1.29 is 23.8 Å². The third-order valence-corrected chi connectivity index (χ3v) is 7.02. The number of fused-ring (bicyclic) bond motifs is 4. The van der Waals surface area contributed by atoms with Gasteiger partial charge in [0.15, 0.2) is 5.13 Å². The maximum Gasteiger partial charge on any atom is 0.413 e. The molecule has 29 heavy (non-hydrogen) atoms. The Labute approximate surface area is 177 Å². The van der Waals surface area contributed by atoms with Crippen LogP contribution in [-0.2, 0) is 20.6 Å². The number of hydrogen-bond acceptors (Lipinski definition) is 7. The Morgan fingerprint density at radius 3 is 2.69 bits per heavy atom. The van der Waals surface area contributed by atoms with Crippen LogP contribution in [0.3, 0.4) is 0 Å². The van der Waals surface area contributed by atoms with Crippen LogP contribution in [0.1, 0.15) is 37.4 Å². The lowest BCUT2D eigenvalue weighted by Gasteiger charge is -2.44. The smallest absolute Gasteiger partial charge is 0.413 e. The van der Waals surface area contributed by atoms with E-state index in [0.717, 1.165) is 16.3 Å². The van der Waals surface area contributed by atoms with Gasteiger partial charge in [0, 0.05) is 12.2 Å². The van der Waals surface area contributed by atoms with Crippen LogP contribution in [0.25, 0.3) is 0 Å². The Kier molecular flexibility index (Phi) is 6.35. The topological polar surface area (TPSA) is 90.0 Å². The number of carbonyl (C=O) groups excluding carboxylic acids is 2. The highest BCUT2D eigenvalue weighted by Crippen LogP contribution is 2.41. The van der Waals surface area contributed by atoms with E-state index < -0.39 is 21.7 Å². The van der Waals surface area contributed by atoms with Crippen molar-refractivity contribution in [1.82, 2.24) is 9.88 Å². The summed E-state index contributed by atoms with van der Waals surface area (Å²) >= 11 is 1.36. The highest BCUT2D eigenvalue weighted by atomic mass is 32.3. The largest absolute Gasteiger partial charge is 0.449 e. The van der Waals surface area contributed by atoms with Crippen LogP contribution >= 0.6 is 21.4 Å². The quantitative estimate of drug-likeness (QED) is 0.761. The zero-order valence-electron chi connectivity index (χ0n) is 17.9. The summed E-state index contributed by atoms with van der Waals surface area (Å²) in [5.41, 5.74) is 0.322. The van der Waals surface area contributed by atoms with Crippen molar-refractivity contribution in [2.45, 2.75) is 44.9 Å². The molecule has 164 valence electrons. The number of nitrogens with one attached hydrogen (secondary N) is 1. The molecule has 2 atom stereocenters. The molecule has 10 heteroatoms. The second-order valence-electron chi connectivity index (χ2n) is 9.18. The fourth-order valence-corrected chi connectivity index (χ4v) is 4.90. The minimum Gasteiger partial charge on any atom is -0.449 e. The van der Waals surface area contributed by atoms with Gasteiger partial charge in [-0.15, -0.1) is 0 Å². The van der Waals surface area contributed by atoms with Gasteiger partial charge in [-0.2, -0.15) is 0 Å². The van der Waals surface area contributed by atoms with E-state index in [0.29, 0.717) is 31.4 Å². The maximum absolute atomic E-state index is 12.8. The minimum absolute atomic E-state index is 0.104. The minimum atomic E-state index is -0.720. The molecule has 1 N–H and O–H groups in total. The molecule has 2 amide bonds. The molecule has 2 aliphatic heterocycles. The number of hydrogen-bond donors (Lipinski definition) is 1. The number of carbonyl (C=O) groups is 2. The van der Waals surface area contributed by atoms with Gasteiger partial charge in [0.25, 0.3) is 0 Å². The first-order valence-corrected chi connectivity index (χ1v) is 13.5. The van der Waals surface area contributed by atoms with E-state index in [2.05, 4.69) is 29.1 Å². The van der Waals surface area contributed by atoms with Crippen LogP contribution in [0.5, 0.6) is 0 Å². The molecule has 0 radical (unpaired) electrons. The van der Waals surface area contributed by atoms with Crippen molar-refractivity contribution in [1.29, 1.82) is 0 Å². The molecule has 0 saturated carbocycles. The molecule has 0 aliphatic carbocycles. The van der Waals surface area contributed by atoms with Gasteiger partial charge in [0.1, 0.15) is 12.2 Å². The van der Waals surface area contributed by atoms with Crippen LogP contribution in [0.2, 0.25) is 0 Å². The predicted molar refractivity (Wildman–Crippen MR) is 116 cm³/mol. The van der Waals surface area contributed by atoms with Crippen molar-refractivity contribution >= 4 is 38.7 Å². The third kappa shape index (κ3) is 5.76. The average molecular weight is 446 g/mol. The second kappa shape index (κ2) is 8.31. The molecule has 1 saturated heterocycles. The molecule has 0 spiro atoms. The molecule has 0 aromatic carbocycles. The molecule has 8 nitrogen and oxygen atoms in total. The van der Waals surface area contributed by atoms with Crippen molar-refractivity contribution in [3.63, 3.8) is 0 Å². The second-order valence-corrected chi connectivity index (χ2v) is 14.8. The van der Waals surface area contributed by atoms with E-state index in [1.54, 1.807) is 4.90 Å². The number of thiazole rings is 1. The molecular formula is C19H31N3O5S2. The van der Waals surface area contributed by atoms with Gasteiger partial charge >= 0.3 is 12.2 Å². The summed E-state index contributed by atoms with van der Waals surface area (Å²) in [6.07, 6.45) is 6.35. The lowest BCUT2D eigenvalue weighted by atomic mass is 9.97. The van der Waals surface area contributed by atoms with E-state index >= 15 is 0 Å². The van der Waals surface area contributed by atoms with Gasteiger partial charge in [0.2, 0.25) is 0 Å². The first-order chi connectivity index (χ1) is 13.4. The SMILES string of the molecule is CC(C)(C)OC(=O)Nc1nc2c(s1)C1COCC(C2)N1C(=O)OCCS(C)(C)C. The number of rotatable bonds is 4. The standard InChI is InChI=1S/C19H31N3O5S2/c1-19(2,3)27-17(23)21-16-20-13-9-12-10-25-11-14(15(13)28-16)22(12)18(24)26-7-8-29(4,5)6/h12,14H,7-11H2,1-6H3,(H,20,21,23). The Morgan fingerprint density at radius 2 is 2.03 bits per heavy atom. The fourth-order valence-electron chi connectivity index (χ4n) is 3.26. The van der Waals surface area contributed by atoms with E-state index in [9.17, 15) is 9.59 Å². The zero-order valence-corrected chi connectivity index (χ0v) is 19.6. The summed E-state index contributed by atoms with van der Waals surface area (Å²) < 4.78 is 16.6. The van der Waals surface area contributed by atoms with Crippen molar-refractivity contribution in [2.75, 3.05) is 49.7 Å². The van der Waals surface area contributed by atoms with E-state index in [4.69, 9.17) is 14.2 Å². The summed E-state index contributed by atoms with van der Waals surface area (Å²) in [5, 5.41) is 3.18. The van der Waals surface area contributed by atoms with Gasteiger partial charge < -0.3 is 14.2 Å². The lowest BCUT2D eigenvalue weighted by molar-refractivity contribution is -0.0505. The molecule has 3 rings (SSSR count). The molecule has 1 aromatic rings. The van der Waals surface area contributed by atoms with Gasteiger partial charge in [-0.3, -0.25) is 10.2 Å². The summed E-state index contributed by atoms with van der Waals surface area (Å²) in [4.78, 5) is 32.2. The number of ether oxygens (including phenoxy) is 3. The normalized spacial score (nSPS) is 21.9. The number of anilines is 1. The van der Waals surface area contributed by atoms with Crippen molar-refractivity contribution in [3.05, 3.63) is 10.6 Å². The molecule has 3 heterocycles. The van der Waals surface area contributed by atoms with Crippen LogP contribution in [0, 0.1) is 0 Å². The Balaban J connectivity index is 1.70. The first-order valence-electron chi connectivity index (χ1n) is 9.61. The molecule has 2 aliphatic rings. The Hall–Kier alpha value is -1.52. The van der Waals surface area contributed by atoms with Gasteiger partial charge in [-0.25, -0.2) is 24.6 Å². The maximum atomic E-state index is 12.8. The number of nitrogens with zero attached hydrogens (tertiary/aromatic N) is 2. The molecule has 2 unspecified atom stereocenters. The zero-order chi connectivity index (χ0) is 21.4. The predicted octanol–water partition coefficient (Wildman–Crippen LogP) is 3.62. The molecular weight excluding hydrogens is 414 g/mol. The molecule has 1 fully saturated rings. The monoisotopic (exact) mass is 445 g/mol. The lowest BCUT2D eigenvalue weighted by Crippen LogP contribution is -2.54. The Morgan fingerprint density at radius 1 is 1.31 bits per heavy atom. The van der Waals surface area contributed by atoms with Crippen LogP contribution in [-0.4, -0.2) is 78.1 Å². The van der Waals surface area contributed by atoms with Crippen LogP contribution in [0.15, 0.2) is 0 Å². The van der Waals surface area contributed by atoms with Crippen LogP contribution in [0.4, 0.5) is 14.7 Å². The van der Waals surface area contributed by atoms with Gasteiger partial charge in [-0.1, -0.05) is 11.3 Å². The summed E-state index contributed by atoms with van der Waals surface area (Å²) in [7, 11) is -0.720.